The van der Waals surface area contributed by atoms with E-state index in [-0.39, 0.29) is 6.10 Å². The summed E-state index contributed by atoms with van der Waals surface area (Å²) in [6.07, 6.45) is 6.00. The summed E-state index contributed by atoms with van der Waals surface area (Å²) in [5.41, 5.74) is 0. The van der Waals surface area contributed by atoms with Crippen molar-refractivity contribution in [2.45, 2.75) is 38.2 Å². The lowest BCUT2D eigenvalue weighted by Gasteiger charge is -2.53. The molecule has 16 heavy (non-hydrogen) atoms. The van der Waals surface area contributed by atoms with Crippen molar-refractivity contribution in [2.24, 2.45) is 23.7 Å². The number of esters is 1. The van der Waals surface area contributed by atoms with Gasteiger partial charge in [-0.25, -0.2) is 4.79 Å². The van der Waals surface area contributed by atoms with Crippen LogP contribution >= 0.6 is 11.6 Å². The molecule has 0 aromatic rings. The highest BCUT2D eigenvalue weighted by Gasteiger charge is 2.50. The second-order valence-electron chi connectivity index (χ2n) is 5.57. The molecule has 4 bridgehead atoms. The van der Waals surface area contributed by atoms with E-state index < -0.39 is 11.2 Å². The molecular formula is C12H15ClO3. The Bertz CT molecular complexity index is 311. The van der Waals surface area contributed by atoms with Gasteiger partial charge in [-0.3, -0.25) is 4.79 Å². The van der Waals surface area contributed by atoms with Gasteiger partial charge in [0.1, 0.15) is 6.10 Å². The minimum absolute atomic E-state index is 0.0389. The Morgan fingerprint density at radius 2 is 1.44 bits per heavy atom. The molecule has 0 heterocycles. The molecule has 0 aromatic carbocycles. The lowest BCUT2D eigenvalue weighted by molar-refractivity contribution is -0.172. The minimum atomic E-state index is -0.992. The smallest absolute Gasteiger partial charge is 0.391 e. The summed E-state index contributed by atoms with van der Waals surface area (Å²) in [4.78, 5) is 21.9. The first-order chi connectivity index (χ1) is 7.63. The molecule has 0 atom stereocenters. The number of halogens is 1. The van der Waals surface area contributed by atoms with Crippen molar-refractivity contribution in [1.29, 1.82) is 0 Å². The molecule has 4 rings (SSSR count). The van der Waals surface area contributed by atoms with E-state index in [9.17, 15) is 9.59 Å². The summed E-state index contributed by atoms with van der Waals surface area (Å²) >= 11 is 5.13. The summed E-state index contributed by atoms with van der Waals surface area (Å²) < 4.78 is 5.27. The van der Waals surface area contributed by atoms with Gasteiger partial charge in [0, 0.05) is 0 Å². The van der Waals surface area contributed by atoms with E-state index in [1.54, 1.807) is 0 Å². The molecule has 3 nitrogen and oxygen atoms in total. The number of carbonyl (C=O) groups excluding carboxylic acids is 2. The van der Waals surface area contributed by atoms with Crippen LogP contribution in [0.4, 0.5) is 0 Å². The molecule has 0 radical (unpaired) electrons. The van der Waals surface area contributed by atoms with Gasteiger partial charge in [0.2, 0.25) is 0 Å². The maximum absolute atomic E-state index is 11.2. The molecule has 4 aliphatic rings. The fourth-order valence-corrected chi connectivity index (χ4v) is 4.28. The maximum atomic E-state index is 11.2. The van der Waals surface area contributed by atoms with Crippen LogP contribution in [-0.2, 0) is 14.3 Å². The van der Waals surface area contributed by atoms with Gasteiger partial charge >= 0.3 is 11.2 Å². The first-order valence-electron chi connectivity index (χ1n) is 6.04. The van der Waals surface area contributed by atoms with E-state index in [4.69, 9.17) is 16.3 Å². The summed E-state index contributed by atoms with van der Waals surface area (Å²) in [6, 6.07) is 0. The number of carbonyl (C=O) groups is 2. The zero-order valence-corrected chi connectivity index (χ0v) is 9.78. The van der Waals surface area contributed by atoms with E-state index in [1.165, 1.54) is 32.1 Å². The molecule has 0 saturated heterocycles. The van der Waals surface area contributed by atoms with Crippen molar-refractivity contribution in [1.82, 2.24) is 0 Å². The highest BCUT2D eigenvalue weighted by molar-refractivity contribution is 6.80. The van der Waals surface area contributed by atoms with Gasteiger partial charge in [-0.1, -0.05) is 0 Å². The highest BCUT2D eigenvalue weighted by Crippen LogP contribution is 2.54. The lowest BCUT2D eigenvalue weighted by Crippen LogP contribution is -2.50. The van der Waals surface area contributed by atoms with Crippen molar-refractivity contribution in [3.05, 3.63) is 0 Å². The lowest BCUT2D eigenvalue weighted by atomic mass is 9.55. The average Bonchev–Trinajstić information content (AvgIpc) is 2.21. The molecule has 0 amide bonds. The Balaban J connectivity index is 1.72. The zero-order chi connectivity index (χ0) is 11.3. The topological polar surface area (TPSA) is 43.4 Å². The molecule has 0 aliphatic heterocycles. The third kappa shape index (κ3) is 1.65. The van der Waals surface area contributed by atoms with E-state index in [1.807, 2.05) is 0 Å². The molecule has 88 valence electrons. The Kier molecular flexibility index (Phi) is 2.46. The van der Waals surface area contributed by atoms with Crippen LogP contribution in [0.25, 0.3) is 0 Å². The monoisotopic (exact) mass is 242 g/mol. The first kappa shape index (κ1) is 10.6. The van der Waals surface area contributed by atoms with Gasteiger partial charge < -0.3 is 4.74 Å². The summed E-state index contributed by atoms with van der Waals surface area (Å²) in [5, 5.41) is -0.992. The molecule has 4 saturated carbocycles. The number of hydrogen-bond donors (Lipinski definition) is 0. The standard InChI is InChI=1S/C12H15ClO3/c13-11(14)12(15)16-10-8-2-6-1-7(4-8)5-9(10)3-6/h6-10H,1-5H2. The summed E-state index contributed by atoms with van der Waals surface area (Å²) in [6.45, 7) is 0. The predicted molar refractivity (Wildman–Crippen MR) is 57.8 cm³/mol. The van der Waals surface area contributed by atoms with Gasteiger partial charge in [0.05, 0.1) is 0 Å². The van der Waals surface area contributed by atoms with E-state index >= 15 is 0 Å². The Hall–Kier alpha value is -0.570. The Morgan fingerprint density at radius 3 is 1.88 bits per heavy atom. The Labute approximate surface area is 99.5 Å². The third-order valence-electron chi connectivity index (χ3n) is 4.54. The first-order valence-corrected chi connectivity index (χ1v) is 6.41. The Morgan fingerprint density at radius 1 is 0.938 bits per heavy atom. The van der Waals surface area contributed by atoms with Gasteiger partial charge in [-0.15, -0.1) is 0 Å². The second-order valence-corrected chi connectivity index (χ2v) is 5.92. The van der Waals surface area contributed by atoms with Crippen molar-refractivity contribution < 1.29 is 14.3 Å². The van der Waals surface area contributed by atoms with Gasteiger partial charge in [-0.2, -0.15) is 0 Å². The van der Waals surface area contributed by atoms with Crippen LogP contribution in [0, 0.1) is 23.7 Å². The van der Waals surface area contributed by atoms with Crippen molar-refractivity contribution in [3.8, 4) is 0 Å². The highest BCUT2D eigenvalue weighted by atomic mass is 35.5. The van der Waals surface area contributed by atoms with E-state index in [0.29, 0.717) is 11.8 Å². The van der Waals surface area contributed by atoms with Crippen LogP contribution in [0.15, 0.2) is 0 Å². The largest absolute Gasteiger partial charge is 0.455 e. The molecule has 4 heteroatoms. The summed E-state index contributed by atoms with van der Waals surface area (Å²) in [5.74, 6) is 1.78. The van der Waals surface area contributed by atoms with Crippen molar-refractivity contribution in [2.75, 3.05) is 0 Å². The minimum Gasteiger partial charge on any atom is -0.455 e. The number of hydrogen-bond acceptors (Lipinski definition) is 3. The molecule has 0 aromatic heterocycles. The molecule has 4 aliphatic carbocycles. The van der Waals surface area contributed by atoms with Crippen LogP contribution in [-0.4, -0.2) is 17.3 Å². The fourth-order valence-electron chi connectivity index (χ4n) is 4.24. The maximum Gasteiger partial charge on any atom is 0.391 e. The van der Waals surface area contributed by atoms with Crippen LogP contribution in [0.5, 0.6) is 0 Å². The fraction of sp³-hybridized carbons (Fsp3) is 0.833. The SMILES string of the molecule is O=C(Cl)C(=O)OC1C2CC3CC(C2)CC1C3. The van der Waals surface area contributed by atoms with Gasteiger partial charge in [-0.05, 0) is 67.4 Å². The second kappa shape index (κ2) is 3.73. The van der Waals surface area contributed by atoms with Crippen LogP contribution in [0.1, 0.15) is 32.1 Å². The zero-order valence-electron chi connectivity index (χ0n) is 9.02. The summed E-state index contributed by atoms with van der Waals surface area (Å²) in [7, 11) is 0. The molecule has 0 N–H and O–H groups in total. The van der Waals surface area contributed by atoms with Gasteiger partial charge in [0.25, 0.3) is 0 Å². The van der Waals surface area contributed by atoms with Crippen LogP contribution in [0.2, 0.25) is 0 Å². The molecular weight excluding hydrogens is 228 g/mol. The van der Waals surface area contributed by atoms with Gasteiger partial charge in [0.15, 0.2) is 0 Å². The third-order valence-corrected chi connectivity index (χ3v) is 4.70. The quantitative estimate of drug-likeness (QED) is 0.423. The normalized spacial score (nSPS) is 44.4. The molecule has 4 fully saturated rings. The number of ether oxygens (including phenoxy) is 1. The predicted octanol–water partition coefficient (Wildman–Crippen LogP) is 2.12. The number of rotatable bonds is 2. The molecule has 0 spiro atoms. The van der Waals surface area contributed by atoms with E-state index in [0.717, 1.165) is 11.8 Å². The van der Waals surface area contributed by atoms with Crippen molar-refractivity contribution in [3.63, 3.8) is 0 Å². The average molecular weight is 243 g/mol. The molecule has 0 unspecified atom stereocenters. The van der Waals surface area contributed by atoms with Crippen molar-refractivity contribution >= 4 is 22.8 Å². The van der Waals surface area contributed by atoms with Crippen LogP contribution in [0.3, 0.4) is 0 Å². The van der Waals surface area contributed by atoms with Crippen LogP contribution < -0.4 is 0 Å². The van der Waals surface area contributed by atoms with E-state index in [2.05, 4.69) is 0 Å².